The lowest BCUT2D eigenvalue weighted by Gasteiger charge is -2.26. The maximum absolute atomic E-state index is 14.0. The molecule has 1 atom stereocenters. The Morgan fingerprint density at radius 3 is 2.58 bits per heavy atom. The van der Waals surface area contributed by atoms with Crippen LogP contribution >= 0.6 is 11.8 Å². The van der Waals surface area contributed by atoms with Crippen LogP contribution in [0.2, 0.25) is 0 Å². The van der Waals surface area contributed by atoms with E-state index in [1.54, 1.807) is 18.2 Å². The third-order valence-corrected chi connectivity index (χ3v) is 5.37. The first-order chi connectivity index (χ1) is 12.5. The van der Waals surface area contributed by atoms with Crippen LogP contribution in [0.1, 0.15) is 16.5 Å². The molecule has 0 saturated carbocycles. The van der Waals surface area contributed by atoms with Crippen molar-refractivity contribution in [3.63, 3.8) is 0 Å². The van der Waals surface area contributed by atoms with Crippen molar-refractivity contribution in [1.29, 1.82) is 0 Å². The second kappa shape index (κ2) is 7.49. The van der Waals surface area contributed by atoms with E-state index in [1.807, 2.05) is 0 Å². The maximum atomic E-state index is 14.0. The van der Waals surface area contributed by atoms with E-state index in [9.17, 15) is 18.0 Å². The van der Waals surface area contributed by atoms with Gasteiger partial charge in [-0.1, -0.05) is 6.07 Å². The highest BCUT2D eigenvalue weighted by atomic mass is 32.2. The maximum Gasteiger partial charge on any atom is 0.234 e. The van der Waals surface area contributed by atoms with Crippen LogP contribution in [0.4, 0.5) is 13.2 Å². The summed E-state index contributed by atoms with van der Waals surface area (Å²) in [4.78, 5) is 13.7. The molecule has 2 aromatic rings. The van der Waals surface area contributed by atoms with E-state index in [-0.39, 0.29) is 23.8 Å². The van der Waals surface area contributed by atoms with Crippen LogP contribution in [0.5, 0.6) is 11.5 Å². The zero-order chi connectivity index (χ0) is 18.8. The first-order valence-corrected chi connectivity index (χ1v) is 8.76. The van der Waals surface area contributed by atoms with E-state index in [0.717, 1.165) is 12.1 Å². The van der Waals surface area contributed by atoms with E-state index in [0.29, 0.717) is 17.1 Å². The Morgan fingerprint density at radius 2 is 1.88 bits per heavy atom. The normalized spacial score (nSPS) is 16.9. The van der Waals surface area contributed by atoms with Crippen LogP contribution in [-0.4, -0.2) is 30.8 Å². The summed E-state index contributed by atoms with van der Waals surface area (Å²) in [5, 5.41) is -0.434. The molecule has 1 saturated heterocycles. The van der Waals surface area contributed by atoms with Gasteiger partial charge in [-0.25, -0.2) is 13.2 Å². The number of carbonyl (C=O) groups excluding carboxylic acids is 1. The minimum absolute atomic E-state index is 0.0859. The van der Waals surface area contributed by atoms with Crippen molar-refractivity contribution in [3.8, 4) is 11.5 Å². The van der Waals surface area contributed by atoms with Gasteiger partial charge in [0.05, 0.1) is 26.5 Å². The van der Waals surface area contributed by atoms with Crippen molar-refractivity contribution in [2.24, 2.45) is 0 Å². The van der Waals surface area contributed by atoms with Crippen molar-refractivity contribution in [2.45, 2.75) is 11.9 Å². The average Bonchev–Trinajstić information content (AvgIpc) is 3.01. The Morgan fingerprint density at radius 1 is 1.12 bits per heavy atom. The number of ether oxygens (including phenoxy) is 2. The number of rotatable bonds is 5. The fourth-order valence-corrected chi connectivity index (χ4v) is 3.99. The van der Waals surface area contributed by atoms with E-state index >= 15 is 0 Å². The van der Waals surface area contributed by atoms with Gasteiger partial charge in [0.15, 0.2) is 17.5 Å². The van der Waals surface area contributed by atoms with E-state index in [4.69, 9.17) is 9.47 Å². The highest BCUT2D eigenvalue weighted by Gasteiger charge is 2.35. The minimum atomic E-state index is -1.54. The molecule has 1 aliphatic rings. The molecule has 26 heavy (non-hydrogen) atoms. The fourth-order valence-electron chi connectivity index (χ4n) is 2.78. The highest BCUT2D eigenvalue weighted by molar-refractivity contribution is 8.00. The third kappa shape index (κ3) is 3.33. The Kier molecular flexibility index (Phi) is 5.31. The number of carbonyl (C=O) groups is 1. The van der Waals surface area contributed by atoms with Crippen molar-refractivity contribution in [2.75, 3.05) is 20.0 Å². The zero-order valence-corrected chi connectivity index (χ0v) is 14.9. The summed E-state index contributed by atoms with van der Waals surface area (Å²) < 4.78 is 51.2. The summed E-state index contributed by atoms with van der Waals surface area (Å²) in [6, 6.07) is 7.19. The van der Waals surface area contributed by atoms with Crippen molar-refractivity contribution in [1.82, 2.24) is 4.90 Å². The molecule has 2 aromatic carbocycles. The number of hydrogen-bond acceptors (Lipinski definition) is 4. The SMILES string of the molecule is COc1ccc(C2SCC(=O)N2Cc2ccc(F)c(F)c2F)c(OC)c1. The van der Waals surface area contributed by atoms with Crippen LogP contribution in [0, 0.1) is 17.5 Å². The van der Waals surface area contributed by atoms with Crippen LogP contribution in [0.15, 0.2) is 30.3 Å². The molecule has 1 aliphatic heterocycles. The van der Waals surface area contributed by atoms with Gasteiger partial charge in [-0.2, -0.15) is 0 Å². The predicted octanol–water partition coefficient (Wildman–Crippen LogP) is 3.90. The molecule has 4 nitrogen and oxygen atoms in total. The Labute approximate surface area is 152 Å². The van der Waals surface area contributed by atoms with Gasteiger partial charge in [0, 0.05) is 17.2 Å². The van der Waals surface area contributed by atoms with Gasteiger partial charge in [0.1, 0.15) is 16.9 Å². The standard InChI is InChI=1S/C18H16F3NO3S/c1-24-11-4-5-12(14(7-11)25-2)18-22(15(23)9-26-18)8-10-3-6-13(19)17(21)16(10)20/h3-7,18H,8-9H2,1-2H3. The molecule has 1 fully saturated rings. The molecule has 1 heterocycles. The van der Waals surface area contributed by atoms with Gasteiger partial charge in [-0.3, -0.25) is 4.79 Å². The molecule has 1 amide bonds. The van der Waals surface area contributed by atoms with Crippen LogP contribution in [-0.2, 0) is 11.3 Å². The first-order valence-electron chi connectivity index (χ1n) is 7.71. The quantitative estimate of drug-likeness (QED) is 0.735. The van der Waals surface area contributed by atoms with Gasteiger partial charge >= 0.3 is 0 Å². The fraction of sp³-hybridized carbons (Fsp3) is 0.278. The highest BCUT2D eigenvalue weighted by Crippen LogP contribution is 2.44. The topological polar surface area (TPSA) is 38.8 Å². The Balaban J connectivity index is 1.94. The molecule has 3 rings (SSSR count). The van der Waals surface area contributed by atoms with Gasteiger partial charge in [0.25, 0.3) is 0 Å². The van der Waals surface area contributed by atoms with Gasteiger partial charge in [-0.05, 0) is 18.2 Å². The predicted molar refractivity (Wildman–Crippen MR) is 91.6 cm³/mol. The molecule has 138 valence electrons. The number of thioether (sulfide) groups is 1. The summed E-state index contributed by atoms with van der Waals surface area (Å²) >= 11 is 1.35. The van der Waals surface area contributed by atoms with E-state index < -0.39 is 22.8 Å². The molecule has 0 N–H and O–H groups in total. The number of hydrogen-bond donors (Lipinski definition) is 0. The molecule has 1 unspecified atom stereocenters. The lowest BCUT2D eigenvalue weighted by molar-refractivity contribution is -0.128. The summed E-state index contributed by atoms with van der Waals surface area (Å²) in [7, 11) is 3.03. The number of benzene rings is 2. The van der Waals surface area contributed by atoms with E-state index in [1.165, 1.54) is 30.9 Å². The summed E-state index contributed by atoms with van der Waals surface area (Å²) in [6.45, 7) is -0.172. The van der Waals surface area contributed by atoms with Crippen LogP contribution in [0.3, 0.4) is 0 Å². The summed E-state index contributed by atoms with van der Waals surface area (Å²) in [6.07, 6.45) is 0. The van der Waals surface area contributed by atoms with Gasteiger partial charge in [-0.15, -0.1) is 11.8 Å². The Hall–Kier alpha value is -2.35. The lowest BCUT2D eigenvalue weighted by atomic mass is 10.1. The lowest BCUT2D eigenvalue weighted by Crippen LogP contribution is -2.28. The molecular formula is C18H16F3NO3S. The zero-order valence-electron chi connectivity index (χ0n) is 14.1. The van der Waals surface area contributed by atoms with Crippen molar-refractivity contribution >= 4 is 17.7 Å². The molecule has 0 aromatic heterocycles. The smallest absolute Gasteiger partial charge is 0.234 e. The van der Waals surface area contributed by atoms with Crippen LogP contribution < -0.4 is 9.47 Å². The minimum Gasteiger partial charge on any atom is -0.497 e. The molecule has 0 spiro atoms. The monoisotopic (exact) mass is 383 g/mol. The van der Waals surface area contributed by atoms with Gasteiger partial charge < -0.3 is 14.4 Å². The van der Waals surface area contributed by atoms with Crippen LogP contribution in [0.25, 0.3) is 0 Å². The molecule has 8 heteroatoms. The Bertz CT molecular complexity index is 847. The average molecular weight is 383 g/mol. The first kappa shape index (κ1) is 18.4. The van der Waals surface area contributed by atoms with Crippen molar-refractivity contribution in [3.05, 3.63) is 58.9 Å². The van der Waals surface area contributed by atoms with E-state index in [2.05, 4.69) is 0 Å². The molecule has 0 radical (unpaired) electrons. The van der Waals surface area contributed by atoms with Gasteiger partial charge in [0.2, 0.25) is 5.91 Å². The summed E-state index contributed by atoms with van der Waals surface area (Å²) in [5.74, 6) is -2.99. The molecule has 0 aliphatic carbocycles. The largest absolute Gasteiger partial charge is 0.497 e. The summed E-state index contributed by atoms with van der Waals surface area (Å²) in [5.41, 5.74) is 0.629. The molecule has 0 bridgehead atoms. The number of amides is 1. The second-order valence-electron chi connectivity index (χ2n) is 5.63. The van der Waals surface area contributed by atoms with Crippen molar-refractivity contribution < 1.29 is 27.4 Å². The second-order valence-corrected chi connectivity index (χ2v) is 6.70. The number of halogens is 3. The number of nitrogens with zero attached hydrogens (tertiary/aromatic N) is 1. The molecular weight excluding hydrogens is 367 g/mol. The number of methoxy groups -OCH3 is 2. The third-order valence-electron chi connectivity index (χ3n) is 4.13.